The van der Waals surface area contributed by atoms with Crippen LogP contribution in [0.5, 0.6) is 0 Å². The molecule has 0 bridgehead atoms. The van der Waals surface area contributed by atoms with Crippen molar-refractivity contribution >= 4 is 5.91 Å². The molecular formula is C17H23N5O2. The minimum atomic E-state index is -0.116. The predicted molar refractivity (Wildman–Crippen MR) is 87.8 cm³/mol. The number of amides is 1. The normalized spacial score (nSPS) is 24.1. The molecule has 7 nitrogen and oxygen atoms in total. The average Bonchev–Trinajstić information content (AvgIpc) is 3.25. The van der Waals surface area contributed by atoms with E-state index in [1.165, 1.54) is 0 Å². The summed E-state index contributed by atoms with van der Waals surface area (Å²) in [6.45, 7) is 1.73. The first kappa shape index (κ1) is 15.4. The molecular weight excluding hydrogens is 306 g/mol. The lowest BCUT2D eigenvalue weighted by molar-refractivity contribution is 0.0925. The van der Waals surface area contributed by atoms with E-state index in [1.807, 2.05) is 17.8 Å². The van der Waals surface area contributed by atoms with Crippen LogP contribution in [0.15, 0.2) is 17.0 Å². The van der Waals surface area contributed by atoms with Gasteiger partial charge < -0.3 is 19.3 Å². The first-order valence-electron chi connectivity index (χ1n) is 8.56. The maximum atomic E-state index is 12.8. The van der Waals surface area contributed by atoms with Gasteiger partial charge >= 0.3 is 0 Å². The Morgan fingerprint density at radius 1 is 1.29 bits per heavy atom. The molecule has 0 unspecified atom stereocenters. The molecule has 2 aromatic heterocycles. The Labute approximate surface area is 141 Å². The zero-order valence-electron chi connectivity index (χ0n) is 14.2. The molecule has 3 heterocycles. The predicted octanol–water partition coefficient (Wildman–Crippen LogP) is 1.11. The van der Waals surface area contributed by atoms with E-state index in [2.05, 4.69) is 27.4 Å². The molecule has 0 saturated carbocycles. The van der Waals surface area contributed by atoms with Gasteiger partial charge in [0.25, 0.3) is 5.91 Å². The summed E-state index contributed by atoms with van der Waals surface area (Å²) in [5.74, 6) is 1.00. The van der Waals surface area contributed by atoms with Crippen LogP contribution in [0, 0.1) is 0 Å². The summed E-state index contributed by atoms with van der Waals surface area (Å²) in [6, 6.07) is 0.0499. The highest BCUT2D eigenvalue weighted by molar-refractivity contribution is 5.94. The van der Waals surface area contributed by atoms with Crippen LogP contribution < -0.4 is 5.32 Å². The Hall–Kier alpha value is -2.15. The molecule has 2 aliphatic rings. The third-order valence-corrected chi connectivity index (χ3v) is 5.22. The van der Waals surface area contributed by atoms with Crippen molar-refractivity contribution in [1.82, 2.24) is 24.9 Å². The van der Waals surface area contributed by atoms with Crippen molar-refractivity contribution in [3.05, 3.63) is 35.2 Å². The van der Waals surface area contributed by atoms with E-state index in [0.29, 0.717) is 5.69 Å². The minimum absolute atomic E-state index is 0.0499. The summed E-state index contributed by atoms with van der Waals surface area (Å²) in [6.07, 6.45) is 7.68. The van der Waals surface area contributed by atoms with Crippen molar-refractivity contribution in [3.63, 3.8) is 0 Å². The highest BCUT2D eigenvalue weighted by Gasteiger charge is 2.36. The number of hydrogen-bond donors (Lipinski definition) is 1. The van der Waals surface area contributed by atoms with E-state index in [9.17, 15) is 4.79 Å². The standard InChI is InChI=1S/C17H23N5O2/c1-21-8-12(14-7-18-10-22(14)2)13(9-21)19-17(23)16-11-5-3-4-6-15(11)24-20-16/h7,10,12-13H,3-6,8-9H2,1-2H3,(H,19,23)/t12-,13-/m1/s1. The van der Waals surface area contributed by atoms with Crippen LogP contribution in [0.25, 0.3) is 0 Å². The molecule has 0 radical (unpaired) electrons. The maximum absolute atomic E-state index is 12.8. The van der Waals surface area contributed by atoms with E-state index < -0.39 is 0 Å². The monoisotopic (exact) mass is 329 g/mol. The number of likely N-dealkylation sites (N-methyl/N-ethyl adjacent to an activating group) is 1. The Morgan fingerprint density at radius 3 is 2.92 bits per heavy atom. The summed E-state index contributed by atoms with van der Waals surface area (Å²) in [5, 5.41) is 7.23. The molecule has 1 N–H and O–H groups in total. The number of nitrogens with one attached hydrogen (secondary N) is 1. The number of carbonyl (C=O) groups is 1. The fourth-order valence-corrected chi connectivity index (χ4v) is 3.97. The van der Waals surface area contributed by atoms with Crippen LogP contribution in [0.2, 0.25) is 0 Å². The van der Waals surface area contributed by atoms with Gasteiger partial charge in [-0.1, -0.05) is 5.16 Å². The fraction of sp³-hybridized carbons (Fsp3) is 0.588. The van der Waals surface area contributed by atoms with E-state index in [0.717, 1.165) is 55.8 Å². The zero-order valence-corrected chi connectivity index (χ0v) is 14.2. The first-order valence-corrected chi connectivity index (χ1v) is 8.56. The van der Waals surface area contributed by atoms with Gasteiger partial charge in [-0.2, -0.15) is 0 Å². The van der Waals surface area contributed by atoms with Crippen molar-refractivity contribution in [2.24, 2.45) is 7.05 Å². The summed E-state index contributed by atoms with van der Waals surface area (Å²) in [7, 11) is 4.07. The van der Waals surface area contributed by atoms with Crippen molar-refractivity contribution < 1.29 is 9.32 Å². The van der Waals surface area contributed by atoms with E-state index in [-0.39, 0.29) is 17.9 Å². The third-order valence-electron chi connectivity index (χ3n) is 5.22. The molecule has 1 saturated heterocycles. The molecule has 1 fully saturated rings. The number of aryl methyl sites for hydroxylation is 2. The molecule has 0 aromatic carbocycles. The molecule has 2 atom stereocenters. The van der Waals surface area contributed by atoms with Crippen LogP contribution in [-0.4, -0.2) is 51.7 Å². The summed E-state index contributed by atoms with van der Waals surface area (Å²) in [4.78, 5) is 19.2. The van der Waals surface area contributed by atoms with E-state index in [4.69, 9.17) is 4.52 Å². The molecule has 4 rings (SSSR count). The van der Waals surface area contributed by atoms with Crippen LogP contribution in [0.1, 0.15) is 46.3 Å². The number of rotatable bonds is 3. The smallest absolute Gasteiger partial charge is 0.274 e. The average molecular weight is 329 g/mol. The van der Waals surface area contributed by atoms with E-state index >= 15 is 0 Å². The second-order valence-electron chi connectivity index (χ2n) is 6.98. The Kier molecular flexibility index (Phi) is 3.88. The van der Waals surface area contributed by atoms with Gasteiger partial charge in [0.2, 0.25) is 0 Å². The van der Waals surface area contributed by atoms with Crippen molar-refractivity contribution in [2.45, 2.75) is 37.6 Å². The highest BCUT2D eigenvalue weighted by atomic mass is 16.5. The lowest BCUT2D eigenvalue weighted by Gasteiger charge is -2.20. The van der Waals surface area contributed by atoms with Gasteiger partial charge in [0.05, 0.1) is 12.4 Å². The van der Waals surface area contributed by atoms with Gasteiger partial charge in [0.15, 0.2) is 5.69 Å². The number of aromatic nitrogens is 3. The minimum Gasteiger partial charge on any atom is -0.360 e. The quantitative estimate of drug-likeness (QED) is 0.913. The van der Waals surface area contributed by atoms with Crippen LogP contribution in [-0.2, 0) is 19.9 Å². The second kappa shape index (κ2) is 6.05. The van der Waals surface area contributed by atoms with Gasteiger partial charge in [-0.15, -0.1) is 0 Å². The molecule has 128 valence electrons. The molecule has 0 spiro atoms. The molecule has 1 amide bonds. The maximum Gasteiger partial charge on any atom is 0.274 e. The molecule has 7 heteroatoms. The molecule has 1 aliphatic heterocycles. The number of imidazole rings is 1. The summed E-state index contributed by atoms with van der Waals surface area (Å²) in [5.41, 5.74) is 2.62. The van der Waals surface area contributed by atoms with Gasteiger partial charge in [-0.05, 0) is 26.3 Å². The van der Waals surface area contributed by atoms with Gasteiger partial charge in [0, 0.05) is 49.9 Å². The number of hydrogen-bond acceptors (Lipinski definition) is 5. The molecule has 24 heavy (non-hydrogen) atoms. The first-order chi connectivity index (χ1) is 11.6. The van der Waals surface area contributed by atoms with Crippen molar-refractivity contribution in [2.75, 3.05) is 20.1 Å². The highest BCUT2D eigenvalue weighted by Crippen LogP contribution is 2.28. The number of nitrogens with zero attached hydrogens (tertiary/aromatic N) is 4. The van der Waals surface area contributed by atoms with Crippen LogP contribution in [0.3, 0.4) is 0 Å². The Morgan fingerprint density at radius 2 is 2.12 bits per heavy atom. The van der Waals surface area contributed by atoms with Gasteiger partial charge in [-0.25, -0.2) is 4.98 Å². The zero-order chi connectivity index (χ0) is 16.7. The largest absolute Gasteiger partial charge is 0.360 e. The number of likely N-dealkylation sites (tertiary alicyclic amines) is 1. The van der Waals surface area contributed by atoms with Crippen LogP contribution in [0.4, 0.5) is 0 Å². The third kappa shape index (κ3) is 2.62. The lowest BCUT2D eigenvalue weighted by Crippen LogP contribution is -2.40. The van der Waals surface area contributed by atoms with Gasteiger partial charge in [-0.3, -0.25) is 4.79 Å². The van der Waals surface area contributed by atoms with Crippen molar-refractivity contribution in [3.8, 4) is 0 Å². The SMILES string of the molecule is CN1C[C@@H](NC(=O)c2noc3c2CCCC3)[C@H](c2cncn2C)C1. The molecule has 2 aromatic rings. The summed E-state index contributed by atoms with van der Waals surface area (Å²) < 4.78 is 7.41. The number of fused-ring (bicyclic) bond motifs is 1. The van der Waals surface area contributed by atoms with Crippen LogP contribution >= 0.6 is 0 Å². The topological polar surface area (TPSA) is 76.2 Å². The Balaban J connectivity index is 1.54. The Bertz CT molecular complexity index is 750. The van der Waals surface area contributed by atoms with Gasteiger partial charge in [0.1, 0.15) is 5.76 Å². The second-order valence-corrected chi connectivity index (χ2v) is 6.98. The van der Waals surface area contributed by atoms with E-state index in [1.54, 1.807) is 6.33 Å². The fourth-order valence-electron chi connectivity index (χ4n) is 3.97. The number of carbonyl (C=O) groups excluding carboxylic acids is 1. The molecule has 1 aliphatic carbocycles. The summed E-state index contributed by atoms with van der Waals surface area (Å²) >= 11 is 0. The lowest BCUT2D eigenvalue weighted by atomic mass is 9.95. The van der Waals surface area contributed by atoms with Crippen molar-refractivity contribution in [1.29, 1.82) is 0 Å².